The number of nitrogen functional groups attached to an aromatic ring is 1. The minimum absolute atomic E-state index is 0.110. The van der Waals surface area contributed by atoms with Gasteiger partial charge in [0.1, 0.15) is 9.71 Å². The van der Waals surface area contributed by atoms with E-state index in [0.29, 0.717) is 31.7 Å². The van der Waals surface area contributed by atoms with Crippen molar-refractivity contribution in [1.29, 1.82) is 0 Å². The Morgan fingerprint density at radius 3 is 2.43 bits per heavy atom. The highest BCUT2D eigenvalue weighted by atomic mass is 35.5. The lowest BCUT2D eigenvalue weighted by Gasteiger charge is -2.10. The fraction of sp³-hybridized carbons (Fsp3) is 0.0294. The molecule has 0 radical (unpaired) electrons. The Labute approximate surface area is 255 Å². The molecule has 0 unspecified atom stereocenters. The van der Waals surface area contributed by atoms with E-state index in [1.165, 1.54) is 11.3 Å². The first kappa shape index (κ1) is 27.6. The van der Waals surface area contributed by atoms with Gasteiger partial charge in [-0.15, -0.1) is 22.7 Å². The van der Waals surface area contributed by atoms with E-state index in [-0.39, 0.29) is 11.7 Å². The van der Waals surface area contributed by atoms with E-state index in [1.807, 2.05) is 73.0 Å². The molecule has 3 N–H and O–H groups in total. The molecule has 3 heterocycles. The number of rotatable bonds is 7. The minimum Gasteiger partial charge on any atom is -0.397 e. The van der Waals surface area contributed by atoms with Gasteiger partial charge < -0.3 is 11.1 Å². The maximum Gasteiger partial charge on any atom is 0.267 e. The van der Waals surface area contributed by atoms with Crippen molar-refractivity contribution in [1.82, 2.24) is 4.98 Å². The summed E-state index contributed by atoms with van der Waals surface area (Å²) in [5.74, 6) is -0.448. The summed E-state index contributed by atoms with van der Waals surface area (Å²) in [7, 11) is 0. The van der Waals surface area contributed by atoms with E-state index >= 15 is 0 Å². The third-order valence-electron chi connectivity index (χ3n) is 6.74. The van der Waals surface area contributed by atoms with Gasteiger partial charge in [0.2, 0.25) is 0 Å². The number of allylic oxidation sites excluding steroid dienone is 1. The minimum atomic E-state index is -0.338. The number of fused-ring (bicyclic) bond motifs is 1. The highest BCUT2D eigenvalue weighted by molar-refractivity contribution is 7.21. The van der Waals surface area contributed by atoms with Crippen molar-refractivity contribution in [3.8, 4) is 22.4 Å². The number of benzene rings is 3. The van der Waals surface area contributed by atoms with Crippen LogP contribution in [0.1, 0.15) is 30.5 Å². The van der Waals surface area contributed by atoms with Crippen molar-refractivity contribution in [2.24, 2.45) is 0 Å². The first-order valence-corrected chi connectivity index (χ1v) is 15.2. The van der Waals surface area contributed by atoms with Crippen molar-refractivity contribution in [3.05, 3.63) is 128 Å². The Balaban J connectivity index is 1.32. The number of halogens is 1. The predicted molar refractivity (Wildman–Crippen MR) is 177 cm³/mol. The number of anilines is 2. The first-order valence-electron chi connectivity index (χ1n) is 13.1. The fourth-order valence-corrected chi connectivity index (χ4v) is 6.40. The number of amides is 1. The lowest BCUT2D eigenvalue weighted by atomic mass is 9.98. The van der Waals surface area contributed by atoms with Crippen LogP contribution in [0.3, 0.4) is 0 Å². The van der Waals surface area contributed by atoms with Crippen LogP contribution in [-0.4, -0.2) is 16.7 Å². The number of hydrogen-bond acceptors (Lipinski definition) is 6. The third kappa shape index (κ3) is 5.76. The molecular weight excluding hydrogens is 582 g/mol. The fourth-order valence-electron chi connectivity index (χ4n) is 4.64. The van der Waals surface area contributed by atoms with Crippen LogP contribution < -0.4 is 11.1 Å². The van der Waals surface area contributed by atoms with Gasteiger partial charge in [0.25, 0.3) is 5.91 Å². The molecule has 1 amide bonds. The molecular formula is C34H24ClN3O2S2. The molecule has 3 aromatic carbocycles. The topological polar surface area (TPSA) is 85.1 Å². The molecule has 0 aliphatic carbocycles. The van der Waals surface area contributed by atoms with Crippen LogP contribution in [0.15, 0.2) is 102 Å². The smallest absolute Gasteiger partial charge is 0.267 e. The number of carbonyl (C=O) groups is 2. The lowest BCUT2D eigenvalue weighted by Crippen LogP contribution is -2.12. The second-order valence-corrected chi connectivity index (χ2v) is 12.1. The number of pyridine rings is 1. The molecule has 0 aliphatic heterocycles. The number of aryl methyl sites for hydroxylation is 1. The molecule has 0 aliphatic rings. The largest absolute Gasteiger partial charge is 0.397 e. The molecule has 6 aromatic rings. The van der Waals surface area contributed by atoms with Crippen LogP contribution in [0.25, 0.3) is 38.7 Å². The number of hydrogen-bond donors (Lipinski definition) is 2. The Morgan fingerprint density at radius 1 is 0.929 bits per heavy atom. The molecule has 3 aromatic heterocycles. The summed E-state index contributed by atoms with van der Waals surface area (Å²) in [4.78, 5) is 33.0. The summed E-state index contributed by atoms with van der Waals surface area (Å²) in [6, 6.07) is 28.4. The Hall–Kier alpha value is -4.56. The lowest BCUT2D eigenvalue weighted by molar-refractivity contribution is 0.102. The average Bonchev–Trinajstić information content (AvgIpc) is 3.64. The SMILES string of the molecule is Cc1cccc(-c2cc(-c3ccc(Cl)cc3)nc3sc(C(=O)Nc4ccc(C(=O)/C=C/c5cccs5)cc4)c(N)c23)c1. The van der Waals surface area contributed by atoms with Crippen LogP contribution in [0.4, 0.5) is 11.4 Å². The highest BCUT2D eigenvalue weighted by Crippen LogP contribution is 2.42. The molecule has 0 saturated heterocycles. The molecule has 0 atom stereocenters. The molecule has 0 bridgehead atoms. The number of nitrogens with two attached hydrogens (primary N) is 1. The third-order valence-corrected chi connectivity index (χ3v) is 8.93. The summed E-state index contributed by atoms with van der Waals surface area (Å²) in [6.07, 6.45) is 3.35. The van der Waals surface area contributed by atoms with Crippen LogP contribution >= 0.6 is 34.3 Å². The van der Waals surface area contributed by atoms with E-state index in [0.717, 1.165) is 38.2 Å². The van der Waals surface area contributed by atoms with Crippen molar-refractivity contribution in [3.63, 3.8) is 0 Å². The van der Waals surface area contributed by atoms with Crippen LogP contribution in [0.2, 0.25) is 5.02 Å². The zero-order valence-corrected chi connectivity index (χ0v) is 24.8. The van der Waals surface area contributed by atoms with E-state index < -0.39 is 0 Å². The van der Waals surface area contributed by atoms with Crippen LogP contribution in [0.5, 0.6) is 0 Å². The zero-order chi connectivity index (χ0) is 29.2. The van der Waals surface area contributed by atoms with Crippen LogP contribution in [-0.2, 0) is 0 Å². The molecule has 42 heavy (non-hydrogen) atoms. The Bertz CT molecular complexity index is 1960. The molecule has 5 nitrogen and oxygen atoms in total. The molecule has 6 rings (SSSR count). The van der Waals surface area contributed by atoms with Crippen LogP contribution in [0, 0.1) is 6.92 Å². The normalized spacial score (nSPS) is 11.3. The Morgan fingerprint density at radius 2 is 1.71 bits per heavy atom. The molecule has 206 valence electrons. The number of nitrogens with zero attached hydrogens (tertiary/aromatic N) is 1. The summed E-state index contributed by atoms with van der Waals surface area (Å²) in [6.45, 7) is 2.04. The van der Waals surface area contributed by atoms with Gasteiger partial charge in [-0.25, -0.2) is 4.98 Å². The molecule has 0 fully saturated rings. The van der Waals surface area contributed by atoms with Crippen molar-refractivity contribution in [2.45, 2.75) is 6.92 Å². The maximum absolute atomic E-state index is 13.5. The number of thiophene rings is 2. The summed E-state index contributed by atoms with van der Waals surface area (Å²) < 4.78 is 0. The van der Waals surface area contributed by atoms with Gasteiger partial charge >= 0.3 is 0 Å². The van der Waals surface area contributed by atoms with Gasteiger partial charge in [-0.1, -0.05) is 59.6 Å². The number of ketones is 1. The average molecular weight is 606 g/mol. The predicted octanol–water partition coefficient (Wildman–Crippen LogP) is 9.38. The van der Waals surface area contributed by atoms with E-state index in [1.54, 1.807) is 47.8 Å². The van der Waals surface area contributed by atoms with Gasteiger partial charge in [0, 0.05) is 32.1 Å². The molecule has 8 heteroatoms. The quantitative estimate of drug-likeness (QED) is 0.140. The van der Waals surface area contributed by atoms with Crippen molar-refractivity contribution >= 4 is 73.6 Å². The summed E-state index contributed by atoms with van der Waals surface area (Å²) >= 11 is 8.94. The van der Waals surface area contributed by atoms with Gasteiger partial charge in [0.05, 0.1) is 11.4 Å². The van der Waals surface area contributed by atoms with Gasteiger partial charge in [0.15, 0.2) is 5.78 Å². The maximum atomic E-state index is 13.5. The van der Waals surface area contributed by atoms with Crippen molar-refractivity contribution in [2.75, 3.05) is 11.1 Å². The second kappa shape index (κ2) is 11.7. The summed E-state index contributed by atoms with van der Waals surface area (Å²) in [5, 5.41) is 6.27. The second-order valence-electron chi connectivity index (χ2n) is 9.70. The first-order chi connectivity index (χ1) is 20.4. The van der Waals surface area contributed by atoms with E-state index in [2.05, 4.69) is 11.4 Å². The van der Waals surface area contributed by atoms with Gasteiger partial charge in [-0.05, 0) is 84.1 Å². The summed E-state index contributed by atoms with van der Waals surface area (Å²) in [5.41, 5.74) is 12.8. The monoisotopic (exact) mass is 605 g/mol. The number of carbonyl (C=O) groups excluding carboxylic acids is 2. The van der Waals surface area contributed by atoms with Gasteiger partial charge in [-0.3, -0.25) is 9.59 Å². The highest BCUT2D eigenvalue weighted by Gasteiger charge is 2.22. The van der Waals surface area contributed by atoms with E-state index in [9.17, 15) is 9.59 Å². The van der Waals surface area contributed by atoms with E-state index in [4.69, 9.17) is 22.3 Å². The van der Waals surface area contributed by atoms with Crippen molar-refractivity contribution < 1.29 is 9.59 Å². The number of aromatic nitrogens is 1. The molecule has 0 spiro atoms. The number of nitrogens with one attached hydrogen (secondary N) is 1. The standard InChI is InChI=1S/C34H24ClN3O2S2/c1-20-4-2-5-23(18-20)27-19-28(21-7-11-24(35)12-8-21)38-34-30(27)31(36)32(42-34)33(40)37-25-13-9-22(10-14-25)29(39)16-15-26-6-3-17-41-26/h2-19H,36H2,1H3,(H,37,40)/b16-15+. The Kier molecular flexibility index (Phi) is 7.71. The zero-order valence-electron chi connectivity index (χ0n) is 22.4. The molecule has 0 saturated carbocycles. The van der Waals surface area contributed by atoms with Gasteiger partial charge in [-0.2, -0.15) is 0 Å².